The lowest BCUT2D eigenvalue weighted by Gasteiger charge is -1.97. The van der Waals surface area contributed by atoms with Gasteiger partial charge in [-0.25, -0.2) is 4.98 Å². The molecule has 7 heteroatoms. The Morgan fingerprint density at radius 2 is 2.40 bits per heavy atom. The molecule has 15 heavy (non-hydrogen) atoms. The third-order valence-corrected chi connectivity index (χ3v) is 2.68. The molecule has 2 aromatic heterocycles. The van der Waals surface area contributed by atoms with Crippen LogP contribution in [-0.2, 0) is 19.3 Å². The topological polar surface area (TPSA) is 82.8 Å². The van der Waals surface area contributed by atoms with E-state index in [1.165, 1.54) is 11.8 Å². The number of nitrogens with two attached hydrogens (primary N) is 1. The van der Waals surface area contributed by atoms with Gasteiger partial charge in [-0.15, -0.1) is 10.2 Å². The molecule has 0 aliphatic carbocycles. The molecule has 0 fully saturated rings. The first kappa shape index (κ1) is 10.2. The van der Waals surface area contributed by atoms with Crippen LogP contribution < -0.4 is 5.73 Å². The quantitative estimate of drug-likeness (QED) is 0.765. The van der Waals surface area contributed by atoms with Crippen molar-refractivity contribution in [2.45, 2.75) is 17.5 Å². The molecule has 0 bridgehead atoms. The number of rotatable bonds is 4. The number of imidazole rings is 1. The average molecular weight is 225 g/mol. The number of nitrogens with zero attached hydrogens (tertiary/aromatic N) is 4. The van der Waals surface area contributed by atoms with Crippen LogP contribution in [0.3, 0.4) is 0 Å². The molecule has 2 heterocycles. The van der Waals surface area contributed by atoms with Gasteiger partial charge in [-0.3, -0.25) is 0 Å². The van der Waals surface area contributed by atoms with Crippen LogP contribution in [0.15, 0.2) is 22.0 Å². The van der Waals surface area contributed by atoms with Crippen LogP contribution in [0, 0.1) is 0 Å². The minimum Gasteiger partial charge on any atom is -0.415 e. The molecule has 0 aliphatic heterocycles. The van der Waals surface area contributed by atoms with Crippen molar-refractivity contribution < 1.29 is 4.42 Å². The second-order valence-electron chi connectivity index (χ2n) is 2.91. The van der Waals surface area contributed by atoms with Crippen LogP contribution in [0.4, 0.5) is 0 Å². The summed E-state index contributed by atoms with van der Waals surface area (Å²) in [5, 5.41) is 8.14. The van der Waals surface area contributed by atoms with E-state index in [0.717, 1.165) is 5.82 Å². The maximum absolute atomic E-state index is 5.36. The second-order valence-corrected chi connectivity index (χ2v) is 3.84. The van der Waals surface area contributed by atoms with Gasteiger partial charge in [0.2, 0.25) is 5.89 Å². The van der Waals surface area contributed by atoms with Crippen molar-refractivity contribution in [2.24, 2.45) is 12.8 Å². The van der Waals surface area contributed by atoms with Crippen LogP contribution in [0.25, 0.3) is 0 Å². The molecule has 0 atom stereocenters. The van der Waals surface area contributed by atoms with Gasteiger partial charge >= 0.3 is 0 Å². The highest BCUT2D eigenvalue weighted by Crippen LogP contribution is 2.19. The summed E-state index contributed by atoms with van der Waals surface area (Å²) in [6.07, 6.45) is 3.66. The zero-order chi connectivity index (χ0) is 10.7. The molecule has 0 saturated carbocycles. The van der Waals surface area contributed by atoms with Gasteiger partial charge in [0.15, 0.2) is 0 Å². The Hall–Kier alpha value is -1.34. The third-order valence-electron chi connectivity index (χ3n) is 1.87. The zero-order valence-electron chi connectivity index (χ0n) is 8.25. The van der Waals surface area contributed by atoms with Crippen LogP contribution >= 0.6 is 11.8 Å². The van der Waals surface area contributed by atoms with E-state index in [9.17, 15) is 0 Å². The normalized spacial score (nSPS) is 10.8. The van der Waals surface area contributed by atoms with Crippen LogP contribution in [0.2, 0.25) is 0 Å². The van der Waals surface area contributed by atoms with E-state index in [0.29, 0.717) is 16.9 Å². The molecule has 0 amide bonds. The monoisotopic (exact) mass is 225 g/mol. The van der Waals surface area contributed by atoms with Gasteiger partial charge < -0.3 is 14.7 Å². The fourth-order valence-electron chi connectivity index (χ4n) is 1.04. The molecule has 0 spiro atoms. The lowest BCUT2D eigenvalue weighted by atomic mass is 10.7. The van der Waals surface area contributed by atoms with Gasteiger partial charge in [-0.2, -0.15) is 0 Å². The van der Waals surface area contributed by atoms with Gasteiger partial charge in [-0.1, -0.05) is 11.8 Å². The first-order chi connectivity index (χ1) is 7.29. The highest BCUT2D eigenvalue weighted by Gasteiger charge is 2.07. The highest BCUT2D eigenvalue weighted by molar-refractivity contribution is 7.98. The fraction of sp³-hybridized carbons (Fsp3) is 0.375. The van der Waals surface area contributed by atoms with E-state index >= 15 is 0 Å². The van der Waals surface area contributed by atoms with Crippen molar-refractivity contribution >= 4 is 11.8 Å². The number of aromatic nitrogens is 4. The standard InChI is InChI=1S/C8H11N5OS/c1-13-3-2-10-6(13)5-15-8-12-11-7(4-9)14-8/h2-3H,4-5,9H2,1H3. The Kier molecular flexibility index (Phi) is 3.02. The van der Waals surface area contributed by atoms with Gasteiger partial charge in [0.25, 0.3) is 5.22 Å². The minimum atomic E-state index is 0.274. The Balaban J connectivity index is 1.96. The molecule has 0 aliphatic rings. The third kappa shape index (κ3) is 2.37. The number of thioether (sulfide) groups is 1. The fourth-order valence-corrected chi connectivity index (χ4v) is 1.83. The van der Waals surface area contributed by atoms with Crippen molar-refractivity contribution in [1.29, 1.82) is 0 Å². The first-order valence-electron chi connectivity index (χ1n) is 4.41. The van der Waals surface area contributed by atoms with Crippen LogP contribution in [0.5, 0.6) is 0 Å². The smallest absolute Gasteiger partial charge is 0.277 e. The maximum Gasteiger partial charge on any atom is 0.277 e. The summed E-state index contributed by atoms with van der Waals surface area (Å²) in [5.74, 6) is 2.13. The predicted octanol–water partition coefficient (Wildman–Crippen LogP) is 0.554. The van der Waals surface area contributed by atoms with Crippen LogP contribution in [-0.4, -0.2) is 19.7 Å². The summed E-state index contributed by atoms with van der Waals surface area (Å²) < 4.78 is 7.20. The minimum absolute atomic E-state index is 0.274. The van der Waals surface area contributed by atoms with E-state index in [4.69, 9.17) is 10.2 Å². The molecule has 2 rings (SSSR count). The van der Waals surface area contributed by atoms with Crippen molar-refractivity contribution in [2.75, 3.05) is 0 Å². The van der Waals surface area contributed by atoms with Crippen molar-refractivity contribution in [3.05, 3.63) is 24.1 Å². The van der Waals surface area contributed by atoms with E-state index in [1.54, 1.807) is 6.20 Å². The summed E-state index contributed by atoms with van der Waals surface area (Å²) >= 11 is 1.45. The molecule has 2 aromatic rings. The molecular formula is C8H11N5OS. The average Bonchev–Trinajstić information content (AvgIpc) is 2.84. The Morgan fingerprint density at radius 1 is 1.53 bits per heavy atom. The molecular weight excluding hydrogens is 214 g/mol. The van der Waals surface area contributed by atoms with E-state index in [1.807, 2.05) is 17.8 Å². The molecule has 0 unspecified atom stereocenters. The number of hydrogen-bond donors (Lipinski definition) is 1. The lowest BCUT2D eigenvalue weighted by Crippen LogP contribution is -1.95. The van der Waals surface area contributed by atoms with Crippen molar-refractivity contribution in [3.8, 4) is 0 Å². The first-order valence-corrected chi connectivity index (χ1v) is 5.39. The van der Waals surface area contributed by atoms with E-state index in [2.05, 4.69) is 15.2 Å². The van der Waals surface area contributed by atoms with Gasteiger partial charge in [0.1, 0.15) is 5.82 Å². The zero-order valence-corrected chi connectivity index (χ0v) is 9.07. The van der Waals surface area contributed by atoms with Gasteiger partial charge in [0.05, 0.1) is 12.3 Å². The van der Waals surface area contributed by atoms with Gasteiger partial charge in [-0.05, 0) is 0 Å². The molecule has 2 N–H and O–H groups in total. The van der Waals surface area contributed by atoms with E-state index in [-0.39, 0.29) is 6.54 Å². The van der Waals surface area contributed by atoms with E-state index < -0.39 is 0 Å². The Bertz CT molecular complexity index is 438. The molecule has 0 saturated heterocycles. The summed E-state index contributed by atoms with van der Waals surface area (Å²) in [6, 6.07) is 0. The van der Waals surface area contributed by atoms with Gasteiger partial charge in [0, 0.05) is 19.4 Å². The molecule has 0 radical (unpaired) electrons. The lowest BCUT2D eigenvalue weighted by molar-refractivity contribution is 0.414. The van der Waals surface area contributed by atoms with Crippen molar-refractivity contribution in [3.63, 3.8) is 0 Å². The van der Waals surface area contributed by atoms with Crippen molar-refractivity contribution in [1.82, 2.24) is 19.7 Å². The summed E-state index contributed by atoms with van der Waals surface area (Å²) in [5.41, 5.74) is 5.36. The van der Waals surface area contributed by atoms with Crippen LogP contribution in [0.1, 0.15) is 11.7 Å². The highest BCUT2D eigenvalue weighted by atomic mass is 32.2. The predicted molar refractivity (Wildman–Crippen MR) is 55.0 cm³/mol. The molecule has 80 valence electrons. The Morgan fingerprint density at radius 3 is 3.00 bits per heavy atom. The maximum atomic E-state index is 5.36. The summed E-state index contributed by atoms with van der Waals surface area (Å²) in [7, 11) is 1.95. The number of aryl methyl sites for hydroxylation is 1. The Labute approximate surface area is 90.9 Å². The molecule has 0 aromatic carbocycles. The number of hydrogen-bond acceptors (Lipinski definition) is 6. The SMILES string of the molecule is Cn1ccnc1CSc1nnc(CN)o1. The largest absolute Gasteiger partial charge is 0.415 e. The summed E-state index contributed by atoms with van der Waals surface area (Å²) in [6.45, 7) is 0.274. The summed E-state index contributed by atoms with van der Waals surface area (Å²) in [4.78, 5) is 4.19. The molecule has 6 nitrogen and oxygen atoms in total. The second kappa shape index (κ2) is 4.45.